The lowest BCUT2D eigenvalue weighted by Crippen LogP contribution is -2.21. The highest BCUT2D eigenvalue weighted by molar-refractivity contribution is 5.09. The number of aryl methyl sites for hydroxylation is 1. The molecule has 0 aliphatic carbocycles. The number of hydrogen-bond acceptors (Lipinski definition) is 2. The lowest BCUT2D eigenvalue weighted by atomic mass is 10.3. The van der Waals surface area contributed by atoms with Gasteiger partial charge in [0.05, 0.1) is 0 Å². The van der Waals surface area contributed by atoms with Crippen LogP contribution in [0.3, 0.4) is 0 Å². The summed E-state index contributed by atoms with van der Waals surface area (Å²) in [5, 5.41) is 3.36. The van der Waals surface area contributed by atoms with E-state index in [1.54, 1.807) is 0 Å². The zero-order chi connectivity index (χ0) is 11.9. The molecule has 1 saturated heterocycles. The largest absolute Gasteiger partial charge is 0.354 e. The van der Waals surface area contributed by atoms with Crippen molar-refractivity contribution in [3.8, 4) is 0 Å². The van der Waals surface area contributed by atoms with Gasteiger partial charge in [-0.25, -0.2) is 0 Å². The fourth-order valence-corrected chi connectivity index (χ4v) is 2.49. The van der Waals surface area contributed by atoms with Crippen LogP contribution in [0.15, 0.2) is 18.5 Å². The van der Waals surface area contributed by atoms with E-state index >= 15 is 0 Å². The van der Waals surface area contributed by atoms with Crippen molar-refractivity contribution in [1.82, 2.24) is 14.8 Å². The minimum Gasteiger partial charge on any atom is -0.354 e. The third-order valence-corrected chi connectivity index (χ3v) is 3.48. The molecular weight excluding hydrogens is 210 g/mol. The lowest BCUT2D eigenvalue weighted by molar-refractivity contribution is 0.325. The van der Waals surface area contributed by atoms with Crippen molar-refractivity contribution in [2.75, 3.05) is 26.2 Å². The Balaban J connectivity index is 1.65. The van der Waals surface area contributed by atoms with E-state index in [-0.39, 0.29) is 0 Å². The Hall–Kier alpha value is -0.800. The smallest absolute Gasteiger partial charge is 0.0231 e. The quantitative estimate of drug-likeness (QED) is 0.781. The summed E-state index contributed by atoms with van der Waals surface area (Å²) in [4.78, 5) is 2.59. The summed E-state index contributed by atoms with van der Waals surface area (Å²) < 4.78 is 2.32. The van der Waals surface area contributed by atoms with Crippen LogP contribution >= 0.6 is 0 Å². The number of rotatable bonds is 7. The van der Waals surface area contributed by atoms with E-state index in [1.165, 1.54) is 44.5 Å². The second-order valence-electron chi connectivity index (χ2n) is 4.94. The van der Waals surface area contributed by atoms with Gasteiger partial charge in [-0.15, -0.1) is 0 Å². The third kappa shape index (κ3) is 4.17. The Morgan fingerprint density at radius 1 is 1.24 bits per heavy atom. The van der Waals surface area contributed by atoms with Gasteiger partial charge in [0.2, 0.25) is 0 Å². The van der Waals surface area contributed by atoms with Gasteiger partial charge in [-0.05, 0) is 57.1 Å². The molecule has 0 saturated carbocycles. The van der Waals surface area contributed by atoms with Crippen LogP contribution in [0.5, 0.6) is 0 Å². The van der Waals surface area contributed by atoms with E-state index in [9.17, 15) is 0 Å². The van der Waals surface area contributed by atoms with Crippen LogP contribution in [0.1, 0.15) is 31.7 Å². The Labute approximate surface area is 105 Å². The summed E-state index contributed by atoms with van der Waals surface area (Å²) in [6, 6.07) is 2.22. The molecule has 1 N–H and O–H groups in total. The molecule has 1 aliphatic rings. The van der Waals surface area contributed by atoms with Gasteiger partial charge >= 0.3 is 0 Å². The standard InChI is InChI=1S/C14H25N3/c1-2-15-12-14-6-11-17(13-14)10-5-9-16-7-3-4-8-16/h6,11,13,15H,2-5,7-10,12H2,1H3. The maximum atomic E-state index is 3.36. The number of nitrogens with one attached hydrogen (secondary N) is 1. The van der Waals surface area contributed by atoms with Crippen LogP contribution in [-0.2, 0) is 13.1 Å². The molecule has 3 heteroatoms. The SMILES string of the molecule is CCNCc1ccn(CCCN2CCCC2)c1. The highest BCUT2D eigenvalue weighted by Gasteiger charge is 2.10. The Kier molecular flexibility index (Phi) is 5.08. The lowest BCUT2D eigenvalue weighted by Gasteiger charge is -2.14. The predicted molar refractivity (Wildman–Crippen MR) is 72.1 cm³/mol. The van der Waals surface area contributed by atoms with Crippen LogP contribution in [0.2, 0.25) is 0 Å². The number of nitrogens with zero attached hydrogens (tertiary/aromatic N) is 2. The van der Waals surface area contributed by atoms with Crippen molar-refractivity contribution in [2.24, 2.45) is 0 Å². The minimum absolute atomic E-state index is 0.996. The van der Waals surface area contributed by atoms with Crippen LogP contribution in [-0.4, -0.2) is 35.6 Å². The Morgan fingerprint density at radius 2 is 2.06 bits per heavy atom. The second kappa shape index (κ2) is 6.82. The Morgan fingerprint density at radius 3 is 2.82 bits per heavy atom. The molecule has 17 heavy (non-hydrogen) atoms. The molecule has 1 aromatic rings. The maximum absolute atomic E-state index is 3.36. The van der Waals surface area contributed by atoms with Gasteiger partial charge in [-0.2, -0.15) is 0 Å². The monoisotopic (exact) mass is 235 g/mol. The Bertz CT molecular complexity index is 313. The van der Waals surface area contributed by atoms with Crippen molar-refractivity contribution in [3.63, 3.8) is 0 Å². The molecule has 1 fully saturated rings. The van der Waals surface area contributed by atoms with E-state index in [2.05, 4.69) is 40.2 Å². The minimum atomic E-state index is 0.996. The van der Waals surface area contributed by atoms with Crippen molar-refractivity contribution in [2.45, 2.75) is 39.3 Å². The molecule has 2 rings (SSSR count). The molecule has 1 aliphatic heterocycles. The molecule has 0 aromatic carbocycles. The van der Waals surface area contributed by atoms with Crippen molar-refractivity contribution in [3.05, 3.63) is 24.0 Å². The number of likely N-dealkylation sites (tertiary alicyclic amines) is 1. The topological polar surface area (TPSA) is 20.2 Å². The summed E-state index contributed by atoms with van der Waals surface area (Å²) in [5.41, 5.74) is 1.40. The first kappa shape index (κ1) is 12.7. The summed E-state index contributed by atoms with van der Waals surface area (Å²) >= 11 is 0. The fraction of sp³-hybridized carbons (Fsp3) is 0.714. The molecule has 0 amide bonds. The van der Waals surface area contributed by atoms with Gasteiger partial charge in [0.25, 0.3) is 0 Å². The molecule has 96 valence electrons. The van der Waals surface area contributed by atoms with Crippen LogP contribution in [0.4, 0.5) is 0 Å². The van der Waals surface area contributed by atoms with Crippen molar-refractivity contribution < 1.29 is 0 Å². The highest BCUT2D eigenvalue weighted by atomic mass is 15.1. The van der Waals surface area contributed by atoms with E-state index in [4.69, 9.17) is 0 Å². The first-order valence-electron chi connectivity index (χ1n) is 6.96. The number of hydrogen-bond donors (Lipinski definition) is 1. The summed E-state index contributed by atoms with van der Waals surface area (Å²) in [5.74, 6) is 0. The molecule has 0 atom stereocenters. The van der Waals surface area contributed by atoms with E-state index in [1.807, 2.05) is 0 Å². The second-order valence-corrected chi connectivity index (χ2v) is 4.94. The van der Waals surface area contributed by atoms with Gasteiger partial charge in [-0.3, -0.25) is 0 Å². The van der Waals surface area contributed by atoms with Gasteiger partial charge in [0.1, 0.15) is 0 Å². The van der Waals surface area contributed by atoms with Crippen molar-refractivity contribution in [1.29, 1.82) is 0 Å². The van der Waals surface area contributed by atoms with E-state index < -0.39 is 0 Å². The summed E-state index contributed by atoms with van der Waals surface area (Å²) in [7, 11) is 0. The first-order chi connectivity index (χ1) is 8.38. The maximum Gasteiger partial charge on any atom is 0.0231 e. The van der Waals surface area contributed by atoms with Crippen LogP contribution < -0.4 is 5.32 Å². The third-order valence-electron chi connectivity index (χ3n) is 3.48. The zero-order valence-electron chi connectivity index (χ0n) is 11.0. The average molecular weight is 235 g/mol. The normalized spacial score (nSPS) is 16.8. The van der Waals surface area contributed by atoms with Gasteiger partial charge < -0.3 is 14.8 Å². The van der Waals surface area contributed by atoms with Crippen LogP contribution in [0, 0.1) is 0 Å². The number of aromatic nitrogens is 1. The average Bonchev–Trinajstić information content (AvgIpc) is 2.98. The zero-order valence-corrected chi connectivity index (χ0v) is 11.0. The van der Waals surface area contributed by atoms with Crippen LogP contribution in [0.25, 0.3) is 0 Å². The highest BCUT2D eigenvalue weighted by Crippen LogP contribution is 2.08. The molecule has 3 nitrogen and oxygen atoms in total. The molecule has 0 bridgehead atoms. The molecule has 1 aromatic heterocycles. The van der Waals surface area contributed by atoms with E-state index in [0.717, 1.165) is 19.6 Å². The fourth-order valence-electron chi connectivity index (χ4n) is 2.49. The van der Waals surface area contributed by atoms with Gasteiger partial charge in [-0.1, -0.05) is 6.92 Å². The molecule has 2 heterocycles. The van der Waals surface area contributed by atoms with Gasteiger partial charge in [0, 0.05) is 25.5 Å². The van der Waals surface area contributed by atoms with E-state index in [0.29, 0.717) is 0 Å². The molecule has 0 spiro atoms. The molecular formula is C14H25N3. The molecule has 0 radical (unpaired) electrons. The first-order valence-corrected chi connectivity index (χ1v) is 6.96. The summed E-state index contributed by atoms with van der Waals surface area (Å²) in [6.07, 6.45) is 8.55. The summed E-state index contributed by atoms with van der Waals surface area (Å²) in [6.45, 7) is 9.24. The van der Waals surface area contributed by atoms with Gasteiger partial charge in [0.15, 0.2) is 0 Å². The predicted octanol–water partition coefficient (Wildman–Crippen LogP) is 2.08. The molecule has 0 unspecified atom stereocenters. The van der Waals surface area contributed by atoms with Crippen molar-refractivity contribution >= 4 is 0 Å².